The first kappa shape index (κ1) is 23.6. The molecule has 10 heteroatoms. The predicted octanol–water partition coefficient (Wildman–Crippen LogP) is 4.31. The van der Waals surface area contributed by atoms with Crippen LogP contribution < -0.4 is 9.47 Å². The molecule has 1 fully saturated rings. The highest BCUT2D eigenvalue weighted by molar-refractivity contribution is 8.18. The Morgan fingerprint density at radius 1 is 1.22 bits per heavy atom. The van der Waals surface area contributed by atoms with Gasteiger partial charge in [0.25, 0.3) is 11.1 Å². The maximum atomic E-state index is 12.5. The smallest absolute Gasteiger partial charge is 0.335 e. The van der Waals surface area contributed by atoms with Crippen molar-refractivity contribution in [3.63, 3.8) is 0 Å². The minimum absolute atomic E-state index is 0.0783. The number of halogens is 1. The number of amides is 2. The first-order valence-electron chi connectivity index (χ1n) is 9.41. The van der Waals surface area contributed by atoms with E-state index in [1.165, 1.54) is 26.4 Å². The van der Waals surface area contributed by atoms with Crippen molar-refractivity contribution in [2.24, 2.45) is 0 Å². The second-order valence-corrected chi connectivity index (χ2v) is 8.05. The quantitative estimate of drug-likeness (QED) is 0.533. The summed E-state index contributed by atoms with van der Waals surface area (Å²) in [6.45, 7) is 0.514. The van der Waals surface area contributed by atoms with Crippen molar-refractivity contribution < 1.29 is 33.7 Å². The van der Waals surface area contributed by atoms with Crippen LogP contribution in [0.4, 0.5) is 4.79 Å². The van der Waals surface area contributed by atoms with Gasteiger partial charge in [0.15, 0.2) is 11.5 Å². The number of hydrogen-bond acceptors (Lipinski definition) is 7. The van der Waals surface area contributed by atoms with Crippen LogP contribution in [-0.4, -0.2) is 54.5 Å². The molecule has 32 heavy (non-hydrogen) atoms. The summed E-state index contributed by atoms with van der Waals surface area (Å²) < 4.78 is 16.1. The van der Waals surface area contributed by atoms with Gasteiger partial charge in [-0.25, -0.2) is 4.79 Å². The number of aromatic carboxylic acids is 1. The van der Waals surface area contributed by atoms with Crippen molar-refractivity contribution in [3.8, 4) is 11.5 Å². The Morgan fingerprint density at radius 3 is 2.69 bits per heavy atom. The Morgan fingerprint density at radius 2 is 2.00 bits per heavy atom. The van der Waals surface area contributed by atoms with Crippen molar-refractivity contribution in [2.45, 2.75) is 6.61 Å². The topological polar surface area (TPSA) is 102 Å². The van der Waals surface area contributed by atoms with E-state index in [0.717, 1.165) is 16.7 Å². The van der Waals surface area contributed by atoms with Gasteiger partial charge in [0.2, 0.25) is 0 Å². The lowest BCUT2D eigenvalue weighted by Gasteiger charge is -2.14. The van der Waals surface area contributed by atoms with E-state index in [9.17, 15) is 14.4 Å². The number of imide groups is 1. The van der Waals surface area contributed by atoms with Gasteiger partial charge in [0.05, 0.1) is 35.8 Å². The fraction of sp³-hybridized carbons (Fsp3) is 0.227. The van der Waals surface area contributed by atoms with Gasteiger partial charge in [0.1, 0.15) is 6.61 Å². The van der Waals surface area contributed by atoms with Crippen molar-refractivity contribution in [1.82, 2.24) is 4.90 Å². The Balaban J connectivity index is 1.80. The SMILES string of the molecule is COCCN1C(=O)S/C(=C/c2cc(Cl)c(OCc3cccc(C(=O)O)c3)c(OC)c2)C1=O. The molecule has 0 bridgehead atoms. The van der Waals surface area contributed by atoms with Gasteiger partial charge in [-0.3, -0.25) is 14.5 Å². The molecule has 0 aromatic heterocycles. The summed E-state index contributed by atoms with van der Waals surface area (Å²) in [6, 6.07) is 9.60. The molecule has 0 saturated carbocycles. The van der Waals surface area contributed by atoms with E-state index >= 15 is 0 Å². The molecule has 0 atom stereocenters. The van der Waals surface area contributed by atoms with Crippen LogP contribution in [0.2, 0.25) is 5.02 Å². The summed E-state index contributed by atoms with van der Waals surface area (Å²) in [5, 5.41) is 9.00. The van der Waals surface area contributed by atoms with Gasteiger partial charge >= 0.3 is 5.97 Å². The monoisotopic (exact) mass is 477 g/mol. The molecule has 8 nitrogen and oxygen atoms in total. The molecule has 1 N–H and O–H groups in total. The first-order chi connectivity index (χ1) is 15.3. The van der Waals surface area contributed by atoms with Crippen molar-refractivity contribution >= 4 is 46.6 Å². The third-order valence-corrected chi connectivity index (χ3v) is 5.69. The number of rotatable bonds is 9. The number of carbonyl (C=O) groups is 3. The Hall–Kier alpha value is -3.01. The highest BCUT2D eigenvalue weighted by Crippen LogP contribution is 2.39. The lowest BCUT2D eigenvalue weighted by molar-refractivity contribution is -0.123. The van der Waals surface area contributed by atoms with E-state index in [1.807, 2.05) is 0 Å². The lowest BCUT2D eigenvalue weighted by Crippen LogP contribution is -2.31. The van der Waals surface area contributed by atoms with Gasteiger partial charge in [-0.1, -0.05) is 23.7 Å². The van der Waals surface area contributed by atoms with E-state index in [1.54, 1.807) is 30.3 Å². The van der Waals surface area contributed by atoms with E-state index < -0.39 is 11.9 Å². The Bertz CT molecular complexity index is 1090. The van der Waals surface area contributed by atoms with Gasteiger partial charge in [-0.2, -0.15) is 0 Å². The minimum atomic E-state index is -1.03. The standard InChI is InChI=1S/C22H20ClNO7S/c1-29-7-6-24-20(25)18(32-22(24)28)11-14-9-16(23)19(17(10-14)30-2)31-12-13-4-3-5-15(8-13)21(26)27/h3-5,8-11H,6-7,12H2,1-2H3,(H,26,27)/b18-11+. The Kier molecular flexibility index (Phi) is 7.79. The van der Waals surface area contributed by atoms with Crippen molar-refractivity contribution in [1.29, 1.82) is 0 Å². The molecule has 2 aromatic rings. The maximum Gasteiger partial charge on any atom is 0.335 e. The second kappa shape index (κ2) is 10.5. The molecule has 0 radical (unpaired) electrons. The molecular weight excluding hydrogens is 458 g/mol. The first-order valence-corrected chi connectivity index (χ1v) is 10.6. The highest BCUT2D eigenvalue weighted by atomic mass is 35.5. The second-order valence-electron chi connectivity index (χ2n) is 6.65. The molecule has 0 aliphatic carbocycles. The molecule has 1 saturated heterocycles. The zero-order valence-corrected chi connectivity index (χ0v) is 18.9. The number of benzene rings is 2. The third kappa shape index (κ3) is 5.42. The van der Waals surface area contributed by atoms with E-state index in [4.69, 9.17) is 30.9 Å². The number of ether oxygens (including phenoxy) is 3. The normalized spacial score (nSPS) is 14.8. The van der Waals surface area contributed by atoms with Crippen LogP contribution in [0, 0.1) is 0 Å². The summed E-state index contributed by atoms with van der Waals surface area (Å²) >= 11 is 7.24. The molecule has 1 aliphatic rings. The van der Waals surface area contributed by atoms with Gasteiger partial charge < -0.3 is 19.3 Å². The molecule has 3 rings (SSSR count). The van der Waals surface area contributed by atoms with Crippen LogP contribution in [0.25, 0.3) is 6.08 Å². The number of thioether (sulfide) groups is 1. The fourth-order valence-corrected chi connectivity index (χ4v) is 4.08. The maximum absolute atomic E-state index is 12.5. The summed E-state index contributed by atoms with van der Waals surface area (Å²) in [5.41, 5.74) is 1.36. The number of nitrogens with zero attached hydrogens (tertiary/aromatic N) is 1. The van der Waals surface area contributed by atoms with Crippen molar-refractivity contribution in [2.75, 3.05) is 27.4 Å². The number of carbonyl (C=O) groups excluding carboxylic acids is 2. The van der Waals surface area contributed by atoms with E-state index in [2.05, 4.69) is 0 Å². The molecule has 1 aliphatic heterocycles. The largest absolute Gasteiger partial charge is 0.493 e. The number of methoxy groups -OCH3 is 2. The Labute approximate surface area is 193 Å². The van der Waals surface area contributed by atoms with E-state index in [0.29, 0.717) is 16.9 Å². The number of carboxylic acids is 1. The summed E-state index contributed by atoms with van der Waals surface area (Å²) in [4.78, 5) is 37.1. The minimum Gasteiger partial charge on any atom is -0.493 e. The van der Waals surface area contributed by atoms with Crippen LogP contribution in [0.3, 0.4) is 0 Å². The van der Waals surface area contributed by atoms with Gasteiger partial charge in [0, 0.05) is 7.11 Å². The predicted molar refractivity (Wildman–Crippen MR) is 120 cm³/mol. The summed E-state index contributed by atoms with van der Waals surface area (Å²) in [5.74, 6) is -0.818. The van der Waals surface area contributed by atoms with Gasteiger partial charge in [-0.05, 0) is 53.2 Å². The summed E-state index contributed by atoms with van der Waals surface area (Å²) in [7, 11) is 2.95. The zero-order chi connectivity index (χ0) is 23.3. The van der Waals surface area contributed by atoms with Crippen LogP contribution >= 0.6 is 23.4 Å². The average Bonchev–Trinajstić information content (AvgIpc) is 3.03. The van der Waals surface area contributed by atoms with Crippen LogP contribution in [0.15, 0.2) is 41.3 Å². The molecule has 168 valence electrons. The molecular formula is C22H20ClNO7S. The van der Waals surface area contributed by atoms with Crippen LogP contribution in [-0.2, 0) is 16.1 Å². The lowest BCUT2D eigenvalue weighted by atomic mass is 10.1. The third-order valence-electron chi connectivity index (χ3n) is 4.50. The molecule has 0 spiro atoms. The number of hydrogen-bond donors (Lipinski definition) is 1. The fourth-order valence-electron chi connectivity index (χ4n) is 2.94. The van der Waals surface area contributed by atoms with E-state index in [-0.39, 0.29) is 46.2 Å². The van der Waals surface area contributed by atoms with Crippen LogP contribution in [0.5, 0.6) is 11.5 Å². The van der Waals surface area contributed by atoms with Gasteiger partial charge in [-0.15, -0.1) is 0 Å². The van der Waals surface area contributed by atoms with Crippen LogP contribution in [0.1, 0.15) is 21.5 Å². The molecule has 2 amide bonds. The van der Waals surface area contributed by atoms with Crippen molar-refractivity contribution in [3.05, 3.63) is 63.0 Å². The highest BCUT2D eigenvalue weighted by Gasteiger charge is 2.34. The molecule has 0 unspecified atom stereocenters. The zero-order valence-electron chi connectivity index (χ0n) is 17.3. The molecule has 2 aromatic carbocycles. The molecule has 1 heterocycles. The average molecular weight is 478 g/mol. The number of carboxylic acid groups (broad SMARTS) is 1. The summed E-state index contributed by atoms with van der Waals surface area (Å²) in [6.07, 6.45) is 1.56.